The normalized spacial score (nSPS) is 22.1. The fourth-order valence-electron chi connectivity index (χ4n) is 8.29. The number of aromatic nitrogens is 3. The van der Waals surface area contributed by atoms with Gasteiger partial charge in [-0.05, 0) is 90.6 Å². The molecule has 9 nitrogen and oxygen atoms in total. The zero-order chi connectivity index (χ0) is 31.4. The first-order chi connectivity index (χ1) is 22.3. The van der Waals surface area contributed by atoms with Gasteiger partial charge in [0.25, 0.3) is 5.91 Å². The summed E-state index contributed by atoms with van der Waals surface area (Å²) in [6, 6.07) is 19.2. The van der Waals surface area contributed by atoms with Gasteiger partial charge in [0.2, 0.25) is 5.91 Å². The number of anilines is 1. The van der Waals surface area contributed by atoms with E-state index >= 15 is 0 Å². The molecule has 2 unspecified atom stereocenters. The topological polar surface area (TPSA) is 98.6 Å². The van der Waals surface area contributed by atoms with Gasteiger partial charge in [0, 0.05) is 61.4 Å². The number of hydrogen-bond acceptors (Lipinski definition) is 5. The van der Waals surface area contributed by atoms with Crippen molar-refractivity contribution in [2.45, 2.75) is 50.7 Å². The first kappa shape index (κ1) is 27.7. The van der Waals surface area contributed by atoms with E-state index in [9.17, 15) is 9.59 Å². The van der Waals surface area contributed by atoms with Crippen molar-refractivity contribution in [2.75, 3.05) is 25.6 Å². The lowest BCUT2D eigenvalue weighted by atomic mass is 10.0. The number of nitrogens with zero attached hydrogens (tertiary/aromatic N) is 5. The molecule has 2 saturated carbocycles. The Bertz CT molecular complexity index is 2110. The summed E-state index contributed by atoms with van der Waals surface area (Å²) in [5, 5.41) is 1.16. The minimum atomic E-state index is 0.00740. The fraction of sp³-hybridized carbons (Fsp3) is 0.378. The lowest BCUT2D eigenvalue weighted by Crippen LogP contribution is -2.41. The number of rotatable bonds is 6. The van der Waals surface area contributed by atoms with Gasteiger partial charge in [-0.3, -0.25) is 9.59 Å². The van der Waals surface area contributed by atoms with Crippen molar-refractivity contribution in [2.24, 2.45) is 24.6 Å². The van der Waals surface area contributed by atoms with Crippen molar-refractivity contribution in [3.63, 3.8) is 0 Å². The molecule has 2 bridgehead atoms. The molecule has 234 valence electrons. The molecule has 3 aromatic carbocycles. The molecule has 1 saturated heterocycles. The van der Waals surface area contributed by atoms with Crippen LogP contribution >= 0.6 is 0 Å². The van der Waals surface area contributed by atoms with E-state index in [1.165, 1.54) is 18.4 Å². The van der Waals surface area contributed by atoms with Crippen molar-refractivity contribution in [3.05, 3.63) is 65.7 Å². The minimum absolute atomic E-state index is 0.00740. The maximum Gasteiger partial charge on any atom is 0.254 e. The van der Waals surface area contributed by atoms with Gasteiger partial charge in [0.05, 0.1) is 24.7 Å². The Labute approximate surface area is 267 Å². The summed E-state index contributed by atoms with van der Waals surface area (Å²) in [6.07, 6.45) is 4.98. The van der Waals surface area contributed by atoms with Crippen molar-refractivity contribution in [1.29, 1.82) is 0 Å². The van der Waals surface area contributed by atoms with E-state index in [-0.39, 0.29) is 23.9 Å². The molecular formula is C37H38N6O3. The van der Waals surface area contributed by atoms with Crippen LogP contribution in [0.1, 0.15) is 41.6 Å². The van der Waals surface area contributed by atoms with Crippen molar-refractivity contribution in [1.82, 2.24) is 19.0 Å². The van der Waals surface area contributed by atoms with Crippen LogP contribution < -0.4 is 15.4 Å². The summed E-state index contributed by atoms with van der Waals surface area (Å²) in [7, 11) is 5.52. The predicted octanol–water partition coefficient (Wildman–Crippen LogP) is 5.36. The van der Waals surface area contributed by atoms with Crippen LogP contribution in [0.3, 0.4) is 0 Å². The molecule has 2 N–H and O–H groups in total. The molecule has 0 radical (unpaired) electrons. The van der Waals surface area contributed by atoms with Gasteiger partial charge in [-0.25, -0.2) is 4.98 Å². The number of methoxy groups -OCH3 is 1. The summed E-state index contributed by atoms with van der Waals surface area (Å²) >= 11 is 0. The zero-order valence-electron chi connectivity index (χ0n) is 26.5. The largest absolute Gasteiger partial charge is 0.494 e. The highest BCUT2D eigenvalue weighted by Gasteiger charge is 2.47. The number of fused-ring (bicyclic) bond motifs is 5. The van der Waals surface area contributed by atoms with Crippen LogP contribution in [-0.4, -0.2) is 63.6 Å². The maximum atomic E-state index is 13.8. The molecule has 3 atom stereocenters. The molecular weight excluding hydrogens is 576 g/mol. The Kier molecular flexibility index (Phi) is 5.97. The third-order valence-corrected chi connectivity index (χ3v) is 11.1. The first-order valence-corrected chi connectivity index (χ1v) is 16.4. The standard InChI is InChI=1S/C37H38N6O3/c1-40-28-10-8-21(12-25(28)17-33(40)44)22-6-7-23-15-31(42(30(23)14-22)18-20-4-5-20)36-39-27-13-26(16-32(46-3)35(27)41(36)2)37(45)43-19-24-9-11-29(43)34(24)38/h6-8,10,12-16,20,24,29,34H,4-5,9,11,17-19,38H2,1-3H3/t24?,29?,34-/m1/s1. The number of benzene rings is 3. The number of carbonyl (C=O) groups excluding carboxylic acids is 2. The van der Waals surface area contributed by atoms with Gasteiger partial charge < -0.3 is 29.4 Å². The Morgan fingerprint density at radius 1 is 1.00 bits per heavy atom. The lowest BCUT2D eigenvalue weighted by molar-refractivity contribution is -0.117. The highest BCUT2D eigenvalue weighted by Crippen LogP contribution is 2.41. The monoisotopic (exact) mass is 614 g/mol. The molecule has 9 rings (SSSR count). The molecule has 4 heterocycles. The second-order valence-electron chi connectivity index (χ2n) is 13.8. The number of likely N-dealkylation sites (N-methyl/N-ethyl adjacent to an activating group) is 1. The van der Waals surface area contributed by atoms with Gasteiger partial charge in [-0.2, -0.15) is 0 Å². The number of amides is 2. The Morgan fingerprint density at radius 2 is 1.80 bits per heavy atom. The number of hydrogen-bond donors (Lipinski definition) is 1. The Hall–Kier alpha value is -4.63. The van der Waals surface area contributed by atoms with Gasteiger partial charge >= 0.3 is 0 Å². The number of nitrogens with two attached hydrogens (primary N) is 1. The number of carbonyl (C=O) groups is 2. The average molecular weight is 615 g/mol. The lowest BCUT2D eigenvalue weighted by Gasteiger charge is -2.27. The predicted molar refractivity (Wildman–Crippen MR) is 179 cm³/mol. The number of aryl methyl sites for hydroxylation is 1. The second-order valence-corrected chi connectivity index (χ2v) is 13.8. The molecule has 2 aliphatic heterocycles. The third-order valence-electron chi connectivity index (χ3n) is 11.1. The first-order valence-electron chi connectivity index (χ1n) is 16.4. The summed E-state index contributed by atoms with van der Waals surface area (Å²) in [5.74, 6) is 2.67. The summed E-state index contributed by atoms with van der Waals surface area (Å²) in [5.41, 5.74) is 15.2. The average Bonchev–Trinajstić information content (AvgIpc) is 3.26. The summed E-state index contributed by atoms with van der Waals surface area (Å²) in [4.78, 5) is 34.9. The summed E-state index contributed by atoms with van der Waals surface area (Å²) in [6.45, 7) is 1.65. The quantitative estimate of drug-likeness (QED) is 0.278. The van der Waals surface area contributed by atoms with Crippen LogP contribution in [0.25, 0.3) is 44.6 Å². The van der Waals surface area contributed by atoms with E-state index in [1.54, 1.807) is 12.0 Å². The molecule has 9 heteroatoms. The number of imidazole rings is 1. The van der Waals surface area contributed by atoms with Gasteiger partial charge in [-0.1, -0.05) is 18.2 Å². The number of piperidine rings is 1. The van der Waals surface area contributed by atoms with Crippen LogP contribution in [-0.2, 0) is 24.8 Å². The molecule has 4 aliphatic rings. The molecule has 3 fully saturated rings. The molecule has 46 heavy (non-hydrogen) atoms. The minimum Gasteiger partial charge on any atom is -0.494 e. The maximum absolute atomic E-state index is 13.8. The highest BCUT2D eigenvalue weighted by molar-refractivity contribution is 6.02. The van der Waals surface area contributed by atoms with Crippen LogP contribution in [0.4, 0.5) is 5.69 Å². The van der Waals surface area contributed by atoms with Crippen molar-refractivity contribution in [3.8, 4) is 28.4 Å². The molecule has 0 spiro atoms. The zero-order valence-corrected chi connectivity index (χ0v) is 26.5. The SMILES string of the molecule is COc1cc(C(=O)N2CC3CCC2[C@@H]3N)cc2nc(-c3cc4ccc(-c5ccc6c(c5)CC(=O)N6C)cc4n3CC3CC3)n(C)c12. The Balaban J connectivity index is 1.14. The molecule has 2 aliphatic carbocycles. The van der Waals surface area contributed by atoms with Crippen LogP contribution in [0, 0.1) is 11.8 Å². The van der Waals surface area contributed by atoms with E-state index < -0.39 is 0 Å². The number of ether oxygens (including phenoxy) is 1. The number of likely N-dealkylation sites (tertiary alicyclic amines) is 1. The second kappa shape index (κ2) is 9.93. The van der Waals surface area contributed by atoms with E-state index in [1.807, 2.05) is 31.1 Å². The molecule has 2 aromatic heterocycles. The molecule has 5 aromatic rings. The van der Waals surface area contributed by atoms with Crippen LogP contribution in [0.5, 0.6) is 5.75 Å². The third kappa shape index (κ3) is 4.07. The fourth-order valence-corrected chi connectivity index (χ4v) is 8.29. The van der Waals surface area contributed by atoms with E-state index in [0.717, 1.165) is 76.2 Å². The van der Waals surface area contributed by atoms with E-state index in [4.69, 9.17) is 15.5 Å². The van der Waals surface area contributed by atoms with Gasteiger partial charge in [0.15, 0.2) is 5.82 Å². The molecule has 2 amide bonds. The van der Waals surface area contributed by atoms with Crippen LogP contribution in [0.15, 0.2) is 54.6 Å². The summed E-state index contributed by atoms with van der Waals surface area (Å²) < 4.78 is 10.4. The highest BCUT2D eigenvalue weighted by atomic mass is 16.5. The van der Waals surface area contributed by atoms with Crippen molar-refractivity contribution < 1.29 is 14.3 Å². The smallest absolute Gasteiger partial charge is 0.254 e. The van der Waals surface area contributed by atoms with Gasteiger partial charge in [0.1, 0.15) is 11.3 Å². The van der Waals surface area contributed by atoms with Gasteiger partial charge in [-0.15, -0.1) is 0 Å². The van der Waals surface area contributed by atoms with Crippen molar-refractivity contribution >= 4 is 39.4 Å². The van der Waals surface area contributed by atoms with E-state index in [2.05, 4.69) is 51.6 Å². The van der Waals surface area contributed by atoms with Crippen LogP contribution in [0.2, 0.25) is 0 Å². The Morgan fingerprint density at radius 3 is 2.54 bits per heavy atom. The van der Waals surface area contributed by atoms with E-state index in [0.29, 0.717) is 29.6 Å².